The van der Waals surface area contributed by atoms with Gasteiger partial charge in [0.05, 0.1) is 19.4 Å². The molecule has 19 heavy (non-hydrogen) atoms. The summed E-state index contributed by atoms with van der Waals surface area (Å²) in [6.45, 7) is 0. The zero-order valence-electron chi connectivity index (χ0n) is 10.4. The van der Waals surface area contributed by atoms with Crippen molar-refractivity contribution in [2.75, 3.05) is 12.9 Å². The molecule has 0 aliphatic rings. The lowest BCUT2D eigenvalue weighted by molar-refractivity contribution is 0.203. The van der Waals surface area contributed by atoms with Gasteiger partial charge in [-0.2, -0.15) is 0 Å². The highest BCUT2D eigenvalue weighted by molar-refractivity contribution is 7.99. The standard InChI is InChI=1S/C14H14FNO2S/c1-18-12-6-10(7-16-8-12)14(17)9-19-13-4-2-11(15)3-5-13/h2-8,14,17H,9H2,1H3. The van der Waals surface area contributed by atoms with Crippen LogP contribution in [-0.4, -0.2) is 23.0 Å². The molecule has 0 saturated carbocycles. The number of methoxy groups -OCH3 is 1. The molecule has 0 spiro atoms. The Balaban J connectivity index is 1.96. The zero-order valence-corrected chi connectivity index (χ0v) is 11.2. The maximum absolute atomic E-state index is 12.8. The van der Waals surface area contributed by atoms with Gasteiger partial charge in [0.2, 0.25) is 0 Å². The Morgan fingerprint density at radius 2 is 2.05 bits per heavy atom. The van der Waals surface area contributed by atoms with Crippen molar-refractivity contribution in [1.29, 1.82) is 0 Å². The number of aromatic nitrogens is 1. The summed E-state index contributed by atoms with van der Waals surface area (Å²) < 4.78 is 17.8. The van der Waals surface area contributed by atoms with E-state index >= 15 is 0 Å². The molecule has 0 fully saturated rings. The lowest BCUT2D eigenvalue weighted by Gasteiger charge is -2.11. The van der Waals surface area contributed by atoms with Crippen LogP contribution in [0, 0.1) is 5.82 Å². The molecule has 100 valence electrons. The van der Waals surface area contributed by atoms with Crippen LogP contribution < -0.4 is 4.74 Å². The van der Waals surface area contributed by atoms with Gasteiger partial charge in [-0.05, 0) is 30.3 Å². The number of thioether (sulfide) groups is 1. The van der Waals surface area contributed by atoms with E-state index in [2.05, 4.69) is 4.98 Å². The number of nitrogens with zero attached hydrogens (tertiary/aromatic N) is 1. The molecular formula is C14H14FNO2S. The second kappa shape index (κ2) is 6.54. The summed E-state index contributed by atoms with van der Waals surface area (Å²) >= 11 is 1.46. The summed E-state index contributed by atoms with van der Waals surface area (Å²) in [5.74, 6) is 0.825. The smallest absolute Gasteiger partial charge is 0.137 e. The van der Waals surface area contributed by atoms with Crippen molar-refractivity contribution in [2.24, 2.45) is 0 Å². The van der Waals surface area contributed by atoms with Gasteiger partial charge < -0.3 is 9.84 Å². The van der Waals surface area contributed by atoms with Gasteiger partial charge in [0.1, 0.15) is 11.6 Å². The normalized spacial score (nSPS) is 12.2. The van der Waals surface area contributed by atoms with Gasteiger partial charge in [0.25, 0.3) is 0 Å². The van der Waals surface area contributed by atoms with Gasteiger partial charge in [-0.3, -0.25) is 4.98 Å². The first-order valence-electron chi connectivity index (χ1n) is 5.74. The fraction of sp³-hybridized carbons (Fsp3) is 0.214. The highest BCUT2D eigenvalue weighted by Gasteiger charge is 2.09. The molecule has 1 unspecified atom stereocenters. The number of pyridine rings is 1. The van der Waals surface area contributed by atoms with E-state index in [1.807, 2.05) is 0 Å². The summed E-state index contributed by atoms with van der Waals surface area (Å²) in [4.78, 5) is 4.91. The summed E-state index contributed by atoms with van der Waals surface area (Å²) in [6.07, 6.45) is 2.56. The number of aliphatic hydroxyl groups excluding tert-OH is 1. The average Bonchev–Trinajstić information content (AvgIpc) is 2.46. The lowest BCUT2D eigenvalue weighted by atomic mass is 10.2. The largest absolute Gasteiger partial charge is 0.495 e. The van der Waals surface area contributed by atoms with Crippen molar-refractivity contribution in [3.8, 4) is 5.75 Å². The van der Waals surface area contributed by atoms with Gasteiger partial charge in [-0.1, -0.05) is 0 Å². The molecule has 0 amide bonds. The highest BCUT2D eigenvalue weighted by atomic mass is 32.2. The Labute approximate surface area is 115 Å². The minimum absolute atomic E-state index is 0.262. The Morgan fingerprint density at radius 3 is 2.74 bits per heavy atom. The third-order valence-corrected chi connectivity index (χ3v) is 3.66. The molecule has 0 aliphatic heterocycles. The summed E-state index contributed by atoms with van der Waals surface area (Å²) in [7, 11) is 1.56. The molecule has 2 aromatic rings. The predicted octanol–water partition coefficient (Wildman–Crippen LogP) is 3.06. The van der Waals surface area contributed by atoms with E-state index in [0.29, 0.717) is 17.1 Å². The van der Waals surface area contributed by atoms with Gasteiger partial charge >= 0.3 is 0 Å². The van der Waals surface area contributed by atoms with Crippen molar-refractivity contribution >= 4 is 11.8 Å². The van der Waals surface area contributed by atoms with E-state index in [-0.39, 0.29) is 5.82 Å². The van der Waals surface area contributed by atoms with Crippen LogP contribution in [0.25, 0.3) is 0 Å². The Kier molecular flexibility index (Phi) is 4.76. The summed E-state index contributed by atoms with van der Waals surface area (Å²) in [6, 6.07) is 7.94. The first kappa shape index (κ1) is 13.8. The Morgan fingerprint density at radius 1 is 1.32 bits per heavy atom. The SMILES string of the molecule is COc1cncc(C(O)CSc2ccc(F)cc2)c1. The number of hydrogen-bond donors (Lipinski definition) is 1. The van der Waals surface area contributed by atoms with Crippen molar-refractivity contribution in [2.45, 2.75) is 11.0 Å². The molecule has 2 rings (SSSR count). The van der Waals surface area contributed by atoms with Crippen LogP contribution in [0.3, 0.4) is 0 Å². The van der Waals surface area contributed by atoms with Gasteiger partial charge in [0, 0.05) is 22.4 Å². The van der Waals surface area contributed by atoms with Crippen LogP contribution in [-0.2, 0) is 0 Å². The van der Waals surface area contributed by atoms with Crippen LogP contribution in [0.2, 0.25) is 0 Å². The second-order valence-corrected chi connectivity index (χ2v) is 5.03. The van der Waals surface area contributed by atoms with E-state index in [4.69, 9.17) is 4.74 Å². The molecule has 1 N–H and O–H groups in total. The number of aliphatic hydroxyl groups is 1. The van der Waals surface area contributed by atoms with Crippen molar-refractivity contribution < 1.29 is 14.2 Å². The minimum atomic E-state index is -0.641. The minimum Gasteiger partial charge on any atom is -0.495 e. The molecule has 0 aliphatic carbocycles. The van der Waals surface area contributed by atoms with E-state index < -0.39 is 6.10 Å². The molecule has 1 aromatic heterocycles. The maximum Gasteiger partial charge on any atom is 0.137 e. The number of benzene rings is 1. The third kappa shape index (κ3) is 3.94. The Bertz CT molecular complexity index is 533. The second-order valence-electron chi connectivity index (χ2n) is 3.94. The number of rotatable bonds is 5. The van der Waals surface area contributed by atoms with Gasteiger partial charge in [0.15, 0.2) is 0 Å². The van der Waals surface area contributed by atoms with Crippen LogP contribution >= 0.6 is 11.8 Å². The molecule has 1 aromatic carbocycles. The topological polar surface area (TPSA) is 42.4 Å². The molecule has 0 saturated heterocycles. The van der Waals surface area contributed by atoms with Crippen molar-refractivity contribution in [1.82, 2.24) is 4.98 Å². The van der Waals surface area contributed by atoms with Crippen LogP contribution in [0.15, 0.2) is 47.6 Å². The van der Waals surface area contributed by atoms with Crippen molar-refractivity contribution in [3.63, 3.8) is 0 Å². The Hall–Kier alpha value is -1.59. The number of hydrogen-bond acceptors (Lipinski definition) is 4. The third-order valence-electron chi connectivity index (χ3n) is 2.58. The fourth-order valence-electron chi connectivity index (χ4n) is 1.53. The molecule has 5 heteroatoms. The average molecular weight is 279 g/mol. The molecule has 1 atom stereocenters. The highest BCUT2D eigenvalue weighted by Crippen LogP contribution is 2.25. The molecule has 1 heterocycles. The summed E-state index contributed by atoms with van der Waals surface area (Å²) in [5.41, 5.74) is 0.703. The van der Waals surface area contributed by atoms with E-state index in [9.17, 15) is 9.50 Å². The number of halogens is 1. The van der Waals surface area contributed by atoms with Crippen LogP contribution in [0.1, 0.15) is 11.7 Å². The quantitative estimate of drug-likeness (QED) is 0.854. The first-order valence-corrected chi connectivity index (χ1v) is 6.73. The van der Waals surface area contributed by atoms with Gasteiger partial charge in [-0.25, -0.2) is 4.39 Å². The van der Waals surface area contributed by atoms with Crippen LogP contribution in [0.4, 0.5) is 4.39 Å². The molecule has 0 bridgehead atoms. The maximum atomic E-state index is 12.8. The lowest BCUT2D eigenvalue weighted by Crippen LogP contribution is -2.01. The van der Waals surface area contributed by atoms with E-state index in [1.54, 1.807) is 37.7 Å². The van der Waals surface area contributed by atoms with E-state index in [0.717, 1.165) is 4.90 Å². The first-order chi connectivity index (χ1) is 9.19. The zero-order chi connectivity index (χ0) is 13.7. The van der Waals surface area contributed by atoms with Gasteiger partial charge in [-0.15, -0.1) is 11.8 Å². The monoisotopic (exact) mass is 279 g/mol. The predicted molar refractivity (Wildman–Crippen MR) is 72.9 cm³/mol. The van der Waals surface area contributed by atoms with E-state index in [1.165, 1.54) is 23.9 Å². The molecule has 0 radical (unpaired) electrons. The number of ether oxygens (including phenoxy) is 1. The molecular weight excluding hydrogens is 265 g/mol. The summed E-state index contributed by atoms with van der Waals surface area (Å²) in [5, 5.41) is 10.1. The fourth-order valence-corrected chi connectivity index (χ4v) is 2.40. The van der Waals surface area contributed by atoms with Crippen molar-refractivity contribution in [3.05, 3.63) is 54.1 Å². The van der Waals surface area contributed by atoms with Crippen LogP contribution in [0.5, 0.6) is 5.75 Å². The molecule has 3 nitrogen and oxygen atoms in total.